The number of benzene rings is 1. The van der Waals surface area contributed by atoms with Gasteiger partial charge in [0.25, 0.3) is 0 Å². The van der Waals surface area contributed by atoms with Crippen molar-refractivity contribution in [2.75, 3.05) is 18.0 Å². The fraction of sp³-hybridized carbons (Fsp3) is 0.357. The van der Waals surface area contributed by atoms with Gasteiger partial charge in [-0.2, -0.15) is 0 Å². The Hall–Kier alpha value is -1.09. The Bertz CT molecular complexity index is 521. The molecule has 1 atom stereocenters. The van der Waals surface area contributed by atoms with Gasteiger partial charge in [-0.3, -0.25) is 4.98 Å². The molecule has 1 aromatic heterocycles. The molecule has 0 spiro atoms. The van der Waals surface area contributed by atoms with Gasteiger partial charge in [-0.25, -0.2) is 0 Å². The fourth-order valence-corrected chi connectivity index (χ4v) is 3.17. The number of hydrogen-bond acceptors (Lipinski definition) is 2. The van der Waals surface area contributed by atoms with Gasteiger partial charge in [0.05, 0.1) is 5.52 Å². The number of alkyl halides is 1. The van der Waals surface area contributed by atoms with Gasteiger partial charge in [0.15, 0.2) is 0 Å². The Kier molecular flexibility index (Phi) is 3.02. The normalized spacial score (nSPS) is 20.8. The topological polar surface area (TPSA) is 16.1 Å². The van der Waals surface area contributed by atoms with Crippen LogP contribution >= 0.6 is 15.9 Å². The number of anilines is 1. The Labute approximate surface area is 110 Å². The molecule has 1 aliphatic heterocycles. The Morgan fingerprint density at radius 3 is 3.00 bits per heavy atom. The van der Waals surface area contributed by atoms with Crippen molar-refractivity contribution in [2.45, 2.75) is 17.7 Å². The van der Waals surface area contributed by atoms with E-state index in [-0.39, 0.29) is 0 Å². The summed E-state index contributed by atoms with van der Waals surface area (Å²) in [7, 11) is 0. The lowest BCUT2D eigenvalue weighted by molar-refractivity contribution is 0.597. The smallest absolute Gasteiger partial charge is 0.0722 e. The van der Waals surface area contributed by atoms with Crippen molar-refractivity contribution in [3.05, 3.63) is 36.5 Å². The highest BCUT2D eigenvalue weighted by molar-refractivity contribution is 9.09. The second-order valence-electron chi connectivity index (χ2n) is 4.53. The Morgan fingerprint density at radius 1 is 1.24 bits per heavy atom. The summed E-state index contributed by atoms with van der Waals surface area (Å²) in [5.41, 5.74) is 2.40. The highest BCUT2D eigenvalue weighted by Crippen LogP contribution is 2.29. The van der Waals surface area contributed by atoms with E-state index in [9.17, 15) is 0 Å². The summed E-state index contributed by atoms with van der Waals surface area (Å²) in [6, 6.07) is 10.5. The fourth-order valence-electron chi connectivity index (χ4n) is 2.50. The van der Waals surface area contributed by atoms with Gasteiger partial charge in [0.1, 0.15) is 0 Å². The lowest BCUT2D eigenvalue weighted by atomic mass is 10.1. The lowest BCUT2D eigenvalue weighted by Crippen LogP contribution is -2.35. The number of halogens is 1. The quantitative estimate of drug-likeness (QED) is 0.746. The van der Waals surface area contributed by atoms with Crippen LogP contribution in [0.5, 0.6) is 0 Å². The molecule has 2 nitrogen and oxygen atoms in total. The number of aromatic nitrogens is 1. The molecule has 1 unspecified atom stereocenters. The number of piperidine rings is 1. The van der Waals surface area contributed by atoms with Crippen molar-refractivity contribution < 1.29 is 0 Å². The van der Waals surface area contributed by atoms with Crippen LogP contribution < -0.4 is 4.90 Å². The summed E-state index contributed by atoms with van der Waals surface area (Å²) >= 11 is 3.73. The van der Waals surface area contributed by atoms with Crippen LogP contribution in [0.1, 0.15) is 12.8 Å². The zero-order chi connectivity index (χ0) is 11.7. The maximum absolute atomic E-state index is 4.42. The summed E-state index contributed by atoms with van der Waals surface area (Å²) < 4.78 is 0. The first-order valence-electron chi connectivity index (χ1n) is 6.07. The molecule has 1 aromatic carbocycles. The molecule has 0 radical (unpaired) electrons. The average Bonchev–Trinajstić information content (AvgIpc) is 2.38. The van der Waals surface area contributed by atoms with Gasteiger partial charge < -0.3 is 4.90 Å². The number of nitrogens with zero attached hydrogens (tertiary/aromatic N) is 2. The average molecular weight is 291 g/mol. The van der Waals surface area contributed by atoms with E-state index < -0.39 is 0 Å². The van der Waals surface area contributed by atoms with Crippen molar-refractivity contribution in [3.8, 4) is 0 Å². The second kappa shape index (κ2) is 4.65. The minimum Gasteiger partial charge on any atom is -0.370 e. The number of rotatable bonds is 1. The molecule has 0 bridgehead atoms. The first-order valence-corrected chi connectivity index (χ1v) is 6.99. The van der Waals surface area contributed by atoms with Crippen LogP contribution in [0.2, 0.25) is 0 Å². The van der Waals surface area contributed by atoms with Crippen LogP contribution in [0.4, 0.5) is 5.69 Å². The summed E-state index contributed by atoms with van der Waals surface area (Å²) in [6.07, 6.45) is 4.45. The van der Waals surface area contributed by atoms with E-state index in [1.807, 2.05) is 12.3 Å². The van der Waals surface area contributed by atoms with Crippen LogP contribution in [-0.4, -0.2) is 22.9 Å². The predicted octanol–water partition coefficient (Wildman–Crippen LogP) is 3.60. The largest absolute Gasteiger partial charge is 0.370 e. The third-order valence-electron chi connectivity index (χ3n) is 3.33. The van der Waals surface area contributed by atoms with Crippen molar-refractivity contribution in [1.29, 1.82) is 0 Å². The molecule has 3 heteroatoms. The molecule has 0 N–H and O–H groups in total. The highest BCUT2D eigenvalue weighted by atomic mass is 79.9. The Balaban J connectivity index is 2.04. The minimum absolute atomic E-state index is 0.614. The van der Waals surface area contributed by atoms with Gasteiger partial charge in [-0.1, -0.05) is 34.1 Å². The molecule has 0 amide bonds. The van der Waals surface area contributed by atoms with Crippen molar-refractivity contribution in [3.63, 3.8) is 0 Å². The molecular formula is C14H15BrN2. The third kappa shape index (κ3) is 2.16. The van der Waals surface area contributed by atoms with Crippen LogP contribution in [0.25, 0.3) is 10.9 Å². The second-order valence-corrected chi connectivity index (χ2v) is 5.83. The molecule has 1 aliphatic rings. The van der Waals surface area contributed by atoms with Crippen LogP contribution in [0, 0.1) is 0 Å². The van der Waals surface area contributed by atoms with E-state index in [1.165, 1.54) is 23.9 Å². The van der Waals surface area contributed by atoms with Gasteiger partial charge in [0.2, 0.25) is 0 Å². The summed E-state index contributed by atoms with van der Waals surface area (Å²) in [5.74, 6) is 0. The summed E-state index contributed by atoms with van der Waals surface area (Å²) in [5, 5.41) is 1.26. The van der Waals surface area contributed by atoms with E-state index in [0.29, 0.717) is 4.83 Å². The lowest BCUT2D eigenvalue weighted by Gasteiger charge is -2.32. The van der Waals surface area contributed by atoms with Crippen LogP contribution in [-0.2, 0) is 0 Å². The molecule has 3 rings (SSSR count). The number of fused-ring (bicyclic) bond motifs is 1. The molecule has 88 valence electrons. The zero-order valence-electron chi connectivity index (χ0n) is 9.64. The van der Waals surface area contributed by atoms with E-state index in [4.69, 9.17) is 0 Å². The Morgan fingerprint density at radius 2 is 2.12 bits per heavy atom. The monoisotopic (exact) mass is 290 g/mol. The van der Waals surface area contributed by atoms with Gasteiger partial charge >= 0.3 is 0 Å². The van der Waals surface area contributed by atoms with Gasteiger partial charge in [-0.15, -0.1) is 0 Å². The highest BCUT2D eigenvalue weighted by Gasteiger charge is 2.19. The maximum atomic E-state index is 4.42. The SMILES string of the molecule is BrC1CCCN(c2ccnc3ccccc23)C1. The number of para-hydroxylation sites is 1. The minimum atomic E-state index is 0.614. The van der Waals surface area contributed by atoms with E-state index in [2.05, 4.69) is 50.1 Å². The first-order chi connectivity index (χ1) is 8.34. The maximum Gasteiger partial charge on any atom is 0.0722 e. The molecule has 2 heterocycles. The molecule has 17 heavy (non-hydrogen) atoms. The molecular weight excluding hydrogens is 276 g/mol. The van der Waals surface area contributed by atoms with Crippen LogP contribution in [0.15, 0.2) is 36.5 Å². The molecule has 1 saturated heterocycles. The van der Waals surface area contributed by atoms with Crippen molar-refractivity contribution >= 4 is 32.5 Å². The van der Waals surface area contributed by atoms with Gasteiger partial charge in [0, 0.05) is 35.2 Å². The van der Waals surface area contributed by atoms with Crippen molar-refractivity contribution in [2.24, 2.45) is 0 Å². The molecule has 2 aromatic rings. The molecule has 0 saturated carbocycles. The third-order valence-corrected chi connectivity index (χ3v) is 4.08. The predicted molar refractivity (Wildman–Crippen MR) is 75.9 cm³/mol. The standard InChI is InChI=1S/C14H15BrN2/c15-11-4-3-9-17(10-11)14-7-8-16-13-6-2-1-5-12(13)14/h1-2,5-8,11H,3-4,9-10H2. The van der Waals surface area contributed by atoms with E-state index in [0.717, 1.165) is 18.6 Å². The van der Waals surface area contributed by atoms with Crippen molar-refractivity contribution in [1.82, 2.24) is 4.98 Å². The van der Waals surface area contributed by atoms with Crippen LogP contribution in [0.3, 0.4) is 0 Å². The zero-order valence-corrected chi connectivity index (χ0v) is 11.2. The summed E-state index contributed by atoms with van der Waals surface area (Å²) in [4.78, 5) is 7.50. The van der Waals surface area contributed by atoms with Gasteiger partial charge in [-0.05, 0) is 25.0 Å². The number of hydrogen-bond donors (Lipinski definition) is 0. The molecule has 0 aliphatic carbocycles. The molecule has 1 fully saturated rings. The number of pyridine rings is 1. The summed E-state index contributed by atoms with van der Waals surface area (Å²) in [6.45, 7) is 2.24. The van der Waals surface area contributed by atoms with E-state index in [1.54, 1.807) is 0 Å². The van der Waals surface area contributed by atoms with E-state index >= 15 is 0 Å². The first kappa shape index (κ1) is 11.0.